The van der Waals surface area contributed by atoms with E-state index in [1.807, 2.05) is 18.2 Å². The second-order valence-electron chi connectivity index (χ2n) is 5.37. The molecule has 2 rings (SSSR count). The molecule has 0 aliphatic heterocycles. The van der Waals surface area contributed by atoms with E-state index in [0.29, 0.717) is 0 Å². The first-order valence-electron chi connectivity index (χ1n) is 6.15. The molecule has 4 nitrogen and oxygen atoms in total. The molecule has 2 N–H and O–H groups in total. The Labute approximate surface area is 108 Å². The van der Waals surface area contributed by atoms with Crippen molar-refractivity contribution in [3.63, 3.8) is 0 Å². The first-order chi connectivity index (χ1) is 8.47. The van der Waals surface area contributed by atoms with E-state index < -0.39 is 0 Å². The van der Waals surface area contributed by atoms with Crippen molar-refractivity contribution in [1.29, 1.82) is 0 Å². The second-order valence-corrected chi connectivity index (χ2v) is 5.37. The Balaban J connectivity index is 2.14. The minimum Gasteiger partial charge on any atom is -0.497 e. The maximum absolute atomic E-state index is 9.74. The van der Waals surface area contributed by atoms with Crippen LogP contribution >= 0.6 is 0 Å². The van der Waals surface area contributed by atoms with Crippen molar-refractivity contribution in [2.75, 3.05) is 19.5 Å². The fourth-order valence-corrected chi connectivity index (χ4v) is 2.24. The SMILES string of the molecule is COc1cc(NC2CC(O)C2(C)C)cc(OC)c1. The highest BCUT2D eigenvalue weighted by Gasteiger charge is 2.47. The molecular weight excluding hydrogens is 230 g/mol. The average Bonchev–Trinajstić information content (AvgIpc) is 2.38. The Morgan fingerprint density at radius 1 is 1.17 bits per heavy atom. The molecule has 1 aromatic carbocycles. The lowest BCUT2D eigenvalue weighted by molar-refractivity contribution is -0.0510. The van der Waals surface area contributed by atoms with Crippen LogP contribution in [0.1, 0.15) is 20.3 Å². The number of benzene rings is 1. The van der Waals surface area contributed by atoms with Crippen molar-refractivity contribution in [3.8, 4) is 11.5 Å². The lowest BCUT2D eigenvalue weighted by Gasteiger charge is -2.49. The molecule has 1 aromatic rings. The van der Waals surface area contributed by atoms with E-state index in [-0.39, 0.29) is 17.6 Å². The molecule has 0 heterocycles. The van der Waals surface area contributed by atoms with Crippen LogP contribution in [0.4, 0.5) is 5.69 Å². The highest BCUT2D eigenvalue weighted by atomic mass is 16.5. The normalized spacial score (nSPS) is 25.2. The molecule has 0 amide bonds. The van der Waals surface area contributed by atoms with Crippen molar-refractivity contribution < 1.29 is 14.6 Å². The van der Waals surface area contributed by atoms with Gasteiger partial charge in [-0.25, -0.2) is 0 Å². The van der Waals surface area contributed by atoms with Gasteiger partial charge in [-0.3, -0.25) is 0 Å². The van der Waals surface area contributed by atoms with Crippen LogP contribution in [0.2, 0.25) is 0 Å². The van der Waals surface area contributed by atoms with Crippen molar-refractivity contribution in [2.24, 2.45) is 5.41 Å². The zero-order chi connectivity index (χ0) is 13.3. The van der Waals surface area contributed by atoms with Crippen molar-refractivity contribution >= 4 is 5.69 Å². The fraction of sp³-hybridized carbons (Fsp3) is 0.571. The molecule has 1 aliphatic carbocycles. The summed E-state index contributed by atoms with van der Waals surface area (Å²) in [7, 11) is 3.27. The van der Waals surface area contributed by atoms with Gasteiger partial charge in [0, 0.05) is 35.3 Å². The molecule has 1 aliphatic rings. The van der Waals surface area contributed by atoms with E-state index in [2.05, 4.69) is 19.2 Å². The largest absolute Gasteiger partial charge is 0.497 e. The number of aliphatic hydroxyl groups excluding tert-OH is 1. The maximum Gasteiger partial charge on any atom is 0.124 e. The third kappa shape index (κ3) is 2.25. The van der Waals surface area contributed by atoms with Crippen LogP contribution in [0.15, 0.2) is 18.2 Å². The monoisotopic (exact) mass is 251 g/mol. The van der Waals surface area contributed by atoms with Gasteiger partial charge < -0.3 is 19.9 Å². The Hall–Kier alpha value is -1.42. The van der Waals surface area contributed by atoms with Gasteiger partial charge in [0.05, 0.1) is 20.3 Å². The van der Waals surface area contributed by atoms with Crippen molar-refractivity contribution in [2.45, 2.75) is 32.4 Å². The van der Waals surface area contributed by atoms with Crippen molar-refractivity contribution in [1.82, 2.24) is 0 Å². The van der Waals surface area contributed by atoms with Gasteiger partial charge in [-0.15, -0.1) is 0 Å². The predicted octanol–water partition coefficient (Wildman–Crippen LogP) is 2.28. The number of methoxy groups -OCH3 is 2. The molecule has 2 atom stereocenters. The summed E-state index contributed by atoms with van der Waals surface area (Å²) >= 11 is 0. The predicted molar refractivity (Wildman–Crippen MR) is 71.4 cm³/mol. The van der Waals surface area contributed by atoms with Crippen molar-refractivity contribution in [3.05, 3.63) is 18.2 Å². The molecule has 0 bridgehead atoms. The highest BCUT2D eigenvalue weighted by Crippen LogP contribution is 2.42. The van der Waals surface area contributed by atoms with Crippen LogP contribution < -0.4 is 14.8 Å². The van der Waals surface area contributed by atoms with Crippen LogP contribution in [-0.2, 0) is 0 Å². The number of ether oxygens (including phenoxy) is 2. The Kier molecular flexibility index (Phi) is 3.39. The molecule has 0 aromatic heterocycles. The Bertz CT molecular complexity index is 409. The van der Waals surface area contributed by atoms with Gasteiger partial charge >= 0.3 is 0 Å². The average molecular weight is 251 g/mol. The maximum atomic E-state index is 9.74. The zero-order valence-electron chi connectivity index (χ0n) is 11.4. The number of nitrogens with one attached hydrogen (secondary N) is 1. The summed E-state index contributed by atoms with van der Waals surface area (Å²) in [4.78, 5) is 0. The van der Waals surface area contributed by atoms with E-state index in [1.165, 1.54) is 0 Å². The summed E-state index contributed by atoms with van der Waals surface area (Å²) < 4.78 is 10.5. The number of hydrogen-bond acceptors (Lipinski definition) is 4. The summed E-state index contributed by atoms with van der Waals surface area (Å²) in [5.41, 5.74) is 0.854. The number of aliphatic hydroxyl groups is 1. The van der Waals surface area contributed by atoms with Gasteiger partial charge in [0.25, 0.3) is 0 Å². The number of anilines is 1. The van der Waals surface area contributed by atoms with E-state index in [0.717, 1.165) is 23.6 Å². The van der Waals surface area contributed by atoms with Crippen LogP contribution in [0.5, 0.6) is 11.5 Å². The first kappa shape index (κ1) is 13.0. The minimum atomic E-state index is -0.234. The molecule has 0 radical (unpaired) electrons. The molecule has 100 valence electrons. The van der Waals surface area contributed by atoms with Gasteiger partial charge in [-0.1, -0.05) is 13.8 Å². The number of rotatable bonds is 4. The third-order valence-electron chi connectivity index (χ3n) is 3.91. The molecule has 18 heavy (non-hydrogen) atoms. The molecule has 1 saturated carbocycles. The van der Waals surface area contributed by atoms with Crippen LogP contribution in [0.25, 0.3) is 0 Å². The molecule has 0 spiro atoms. The highest BCUT2D eigenvalue weighted by molar-refractivity contribution is 5.55. The van der Waals surface area contributed by atoms with Gasteiger partial charge in [0.2, 0.25) is 0 Å². The van der Waals surface area contributed by atoms with Gasteiger partial charge in [0.1, 0.15) is 11.5 Å². The summed E-state index contributed by atoms with van der Waals surface area (Å²) in [5, 5.41) is 13.2. The zero-order valence-corrected chi connectivity index (χ0v) is 11.4. The third-order valence-corrected chi connectivity index (χ3v) is 3.91. The Morgan fingerprint density at radius 3 is 2.11 bits per heavy atom. The number of hydrogen-bond donors (Lipinski definition) is 2. The van der Waals surface area contributed by atoms with Gasteiger partial charge in [0.15, 0.2) is 0 Å². The summed E-state index contributed by atoms with van der Waals surface area (Å²) in [6, 6.07) is 5.97. The lowest BCUT2D eigenvalue weighted by Crippen LogP contribution is -2.56. The quantitative estimate of drug-likeness (QED) is 0.862. The van der Waals surface area contributed by atoms with Crippen LogP contribution in [0.3, 0.4) is 0 Å². The van der Waals surface area contributed by atoms with E-state index in [9.17, 15) is 5.11 Å². The van der Waals surface area contributed by atoms with E-state index >= 15 is 0 Å². The van der Waals surface area contributed by atoms with Crippen LogP contribution in [-0.4, -0.2) is 31.5 Å². The smallest absolute Gasteiger partial charge is 0.124 e. The minimum absolute atomic E-state index is 0.101. The first-order valence-corrected chi connectivity index (χ1v) is 6.15. The van der Waals surface area contributed by atoms with E-state index in [1.54, 1.807) is 14.2 Å². The molecule has 0 saturated heterocycles. The van der Waals surface area contributed by atoms with Gasteiger partial charge in [-0.2, -0.15) is 0 Å². The molecule has 2 unspecified atom stereocenters. The summed E-state index contributed by atoms with van der Waals surface area (Å²) in [5.74, 6) is 1.52. The molecule has 1 fully saturated rings. The topological polar surface area (TPSA) is 50.7 Å². The van der Waals surface area contributed by atoms with Crippen LogP contribution in [0, 0.1) is 5.41 Å². The van der Waals surface area contributed by atoms with E-state index in [4.69, 9.17) is 9.47 Å². The Morgan fingerprint density at radius 2 is 1.72 bits per heavy atom. The molecular formula is C14H21NO3. The summed E-state index contributed by atoms with van der Waals surface area (Å²) in [6.45, 7) is 4.13. The lowest BCUT2D eigenvalue weighted by atomic mass is 9.64. The molecule has 4 heteroatoms. The summed E-state index contributed by atoms with van der Waals surface area (Å²) in [6.07, 6.45) is 0.537. The fourth-order valence-electron chi connectivity index (χ4n) is 2.24. The standard InChI is InChI=1S/C14H21NO3/c1-14(2)12(8-13(14)16)15-9-5-10(17-3)7-11(6-9)18-4/h5-7,12-13,15-16H,8H2,1-4H3. The van der Waals surface area contributed by atoms with Gasteiger partial charge in [-0.05, 0) is 6.42 Å². The second kappa shape index (κ2) is 4.69.